The minimum absolute atomic E-state index is 0.237. The highest BCUT2D eigenvalue weighted by atomic mass is 32.2. The van der Waals surface area contributed by atoms with E-state index < -0.39 is 9.84 Å². The van der Waals surface area contributed by atoms with E-state index in [-0.39, 0.29) is 5.75 Å². The zero-order valence-electron chi connectivity index (χ0n) is 8.13. The predicted octanol–water partition coefficient (Wildman–Crippen LogP) is 0.809. The zero-order chi connectivity index (χ0) is 9.61. The fraction of sp³-hybridized carbons (Fsp3) is 1.00. The molecule has 0 spiro atoms. The summed E-state index contributed by atoms with van der Waals surface area (Å²) in [6.07, 6.45) is 3.50. The van der Waals surface area contributed by atoms with Crippen LogP contribution in [0.3, 0.4) is 0 Å². The zero-order valence-corrected chi connectivity index (χ0v) is 8.95. The van der Waals surface area contributed by atoms with Crippen LogP contribution >= 0.6 is 0 Å². The van der Waals surface area contributed by atoms with Gasteiger partial charge in [0.25, 0.3) is 0 Å². The number of hydrogen-bond donors (Lipinski definition) is 1. The molecular weight excluding hydrogens is 174 g/mol. The van der Waals surface area contributed by atoms with Gasteiger partial charge >= 0.3 is 0 Å². The Hall–Kier alpha value is -0.0900. The first-order chi connectivity index (χ1) is 5.45. The molecule has 0 aliphatic heterocycles. The van der Waals surface area contributed by atoms with Gasteiger partial charge in [-0.2, -0.15) is 0 Å². The van der Waals surface area contributed by atoms with Crippen LogP contribution < -0.4 is 5.32 Å². The Bertz CT molecular complexity index is 199. The molecule has 4 heteroatoms. The average Bonchev–Trinajstić information content (AvgIpc) is 1.84. The minimum atomic E-state index is -2.80. The number of rotatable bonds is 6. The summed E-state index contributed by atoms with van der Waals surface area (Å²) < 4.78 is 21.5. The maximum Gasteiger partial charge on any atom is 0.148 e. The van der Waals surface area contributed by atoms with Crippen LogP contribution in [0.15, 0.2) is 0 Å². The van der Waals surface area contributed by atoms with Crippen LogP contribution in [0.5, 0.6) is 0 Å². The Morgan fingerprint density at radius 1 is 1.42 bits per heavy atom. The summed E-state index contributed by atoms with van der Waals surface area (Å²) in [6.45, 7) is 4.76. The van der Waals surface area contributed by atoms with Crippen molar-refractivity contribution >= 4 is 9.84 Å². The van der Waals surface area contributed by atoms with Gasteiger partial charge in [-0.15, -0.1) is 0 Å². The van der Waals surface area contributed by atoms with E-state index in [1.165, 1.54) is 6.26 Å². The lowest BCUT2D eigenvalue weighted by atomic mass is 10.2. The molecule has 0 saturated carbocycles. The van der Waals surface area contributed by atoms with Gasteiger partial charge in [-0.25, -0.2) is 8.42 Å². The first-order valence-electron chi connectivity index (χ1n) is 4.37. The lowest BCUT2D eigenvalue weighted by Crippen LogP contribution is -2.30. The first-order valence-corrected chi connectivity index (χ1v) is 6.43. The Kier molecular flexibility index (Phi) is 5.50. The van der Waals surface area contributed by atoms with Crippen molar-refractivity contribution in [2.24, 2.45) is 0 Å². The summed E-state index contributed by atoms with van der Waals surface area (Å²) in [6, 6.07) is 0.428. The highest BCUT2D eigenvalue weighted by Gasteiger charge is 2.03. The van der Waals surface area contributed by atoms with Crippen LogP contribution in [0.4, 0.5) is 0 Å². The number of hydrogen-bond acceptors (Lipinski definition) is 3. The van der Waals surface area contributed by atoms with Crippen LogP contribution in [-0.4, -0.2) is 33.0 Å². The van der Waals surface area contributed by atoms with Crippen LogP contribution in [0, 0.1) is 0 Å². The van der Waals surface area contributed by atoms with E-state index in [0.29, 0.717) is 12.6 Å². The molecular formula is C8H19NO2S. The molecule has 0 saturated heterocycles. The third kappa shape index (κ3) is 8.01. The molecule has 1 N–H and O–H groups in total. The van der Waals surface area contributed by atoms with Crippen molar-refractivity contribution in [3.63, 3.8) is 0 Å². The van der Waals surface area contributed by atoms with Gasteiger partial charge in [0.15, 0.2) is 0 Å². The van der Waals surface area contributed by atoms with Crippen LogP contribution in [-0.2, 0) is 9.84 Å². The molecule has 74 valence electrons. The second-order valence-corrected chi connectivity index (χ2v) is 5.53. The number of nitrogens with one attached hydrogen (secondary N) is 1. The molecule has 0 aliphatic carbocycles. The molecule has 0 heterocycles. The molecule has 0 fully saturated rings. The fourth-order valence-electron chi connectivity index (χ4n) is 1.03. The van der Waals surface area contributed by atoms with Crippen molar-refractivity contribution < 1.29 is 8.42 Å². The minimum Gasteiger partial charge on any atom is -0.313 e. The quantitative estimate of drug-likeness (QED) is 0.679. The Balaban J connectivity index is 3.44. The molecule has 0 aliphatic rings. The van der Waals surface area contributed by atoms with Crippen LogP contribution in [0.2, 0.25) is 0 Å². The van der Waals surface area contributed by atoms with Gasteiger partial charge in [-0.05, 0) is 13.3 Å². The molecule has 0 aromatic heterocycles. The predicted molar refractivity (Wildman–Crippen MR) is 52.1 cm³/mol. The van der Waals surface area contributed by atoms with E-state index in [1.54, 1.807) is 0 Å². The summed E-state index contributed by atoms with van der Waals surface area (Å²) in [5.41, 5.74) is 0. The van der Waals surface area contributed by atoms with E-state index in [9.17, 15) is 8.42 Å². The van der Waals surface area contributed by atoms with Gasteiger partial charge in [0, 0.05) is 18.8 Å². The third-order valence-corrected chi connectivity index (χ3v) is 2.63. The molecule has 0 radical (unpaired) electrons. The molecule has 0 rings (SSSR count). The van der Waals surface area contributed by atoms with Gasteiger partial charge in [0.1, 0.15) is 9.84 Å². The summed E-state index contributed by atoms with van der Waals surface area (Å²) in [7, 11) is -2.80. The highest BCUT2D eigenvalue weighted by molar-refractivity contribution is 7.90. The summed E-state index contributed by atoms with van der Waals surface area (Å²) in [5.74, 6) is 0.237. The Morgan fingerprint density at radius 3 is 2.42 bits per heavy atom. The second-order valence-electron chi connectivity index (χ2n) is 3.27. The van der Waals surface area contributed by atoms with Crippen molar-refractivity contribution in [2.75, 3.05) is 18.6 Å². The normalized spacial score (nSPS) is 14.6. The molecule has 0 aromatic carbocycles. The molecule has 1 atom stereocenters. The van der Waals surface area contributed by atoms with Gasteiger partial charge in [-0.1, -0.05) is 13.3 Å². The topological polar surface area (TPSA) is 46.2 Å². The molecule has 0 bridgehead atoms. The van der Waals surface area contributed by atoms with Gasteiger partial charge < -0.3 is 5.32 Å². The molecule has 1 unspecified atom stereocenters. The van der Waals surface area contributed by atoms with Crippen molar-refractivity contribution in [2.45, 2.75) is 32.7 Å². The van der Waals surface area contributed by atoms with Crippen LogP contribution in [0.25, 0.3) is 0 Å². The highest BCUT2D eigenvalue weighted by Crippen LogP contribution is 1.93. The fourth-order valence-corrected chi connectivity index (χ4v) is 1.51. The molecule has 0 aromatic rings. The molecule has 12 heavy (non-hydrogen) atoms. The van der Waals surface area contributed by atoms with E-state index in [4.69, 9.17) is 0 Å². The van der Waals surface area contributed by atoms with Gasteiger partial charge in [0.05, 0.1) is 5.75 Å². The smallest absolute Gasteiger partial charge is 0.148 e. The lowest BCUT2D eigenvalue weighted by Gasteiger charge is -2.11. The van der Waals surface area contributed by atoms with E-state index >= 15 is 0 Å². The second kappa shape index (κ2) is 5.54. The van der Waals surface area contributed by atoms with Gasteiger partial charge in [-0.3, -0.25) is 0 Å². The summed E-state index contributed by atoms with van der Waals surface area (Å²) in [4.78, 5) is 0. The Morgan fingerprint density at radius 2 is 2.00 bits per heavy atom. The van der Waals surface area contributed by atoms with Crippen molar-refractivity contribution in [3.8, 4) is 0 Å². The summed E-state index contributed by atoms with van der Waals surface area (Å²) in [5, 5.41) is 3.16. The summed E-state index contributed by atoms with van der Waals surface area (Å²) >= 11 is 0. The van der Waals surface area contributed by atoms with E-state index in [2.05, 4.69) is 19.2 Å². The first kappa shape index (κ1) is 11.9. The largest absolute Gasteiger partial charge is 0.313 e. The van der Waals surface area contributed by atoms with E-state index in [1.807, 2.05) is 0 Å². The molecule has 0 amide bonds. The average molecular weight is 193 g/mol. The third-order valence-electron chi connectivity index (χ3n) is 1.69. The van der Waals surface area contributed by atoms with E-state index in [0.717, 1.165) is 12.8 Å². The van der Waals surface area contributed by atoms with Crippen molar-refractivity contribution in [1.82, 2.24) is 5.32 Å². The standard InChI is InChI=1S/C8H19NO2S/c1-4-5-8(2)9-6-7-12(3,10)11/h8-9H,4-7H2,1-3H3. The lowest BCUT2D eigenvalue weighted by molar-refractivity contribution is 0.521. The van der Waals surface area contributed by atoms with Crippen LogP contribution in [0.1, 0.15) is 26.7 Å². The molecule has 3 nitrogen and oxygen atoms in total. The van der Waals surface area contributed by atoms with Gasteiger partial charge in [0.2, 0.25) is 0 Å². The van der Waals surface area contributed by atoms with Crippen molar-refractivity contribution in [1.29, 1.82) is 0 Å². The SMILES string of the molecule is CCCC(C)NCCS(C)(=O)=O. The number of sulfone groups is 1. The van der Waals surface area contributed by atoms with Crippen molar-refractivity contribution in [3.05, 3.63) is 0 Å². The maximum absolute atomic E-state index is 10.7. The Labute approximate surface area is 75.5 Å². The monoisotopic (exact) mass is 193 g/mol. The maximum atomic E-state index is 10.7.